The first-order valence-electron chi connectivity index (χ1n) is 3.89. The summed E-state index contributed by atoms with van der Waals surface area (Å²) in [5.74, 6) is 2.47. The summed E-state index contributed by atoms with van der Waals surface area (Å²) >= 11 is 2.05. The van der Waals surface area contributed by atoms with Crippen LogP contribution in [-0.4, -0.2) is 0 Å². The summed E-state index contributed by atoms with van der Waals surface area (Å²) in [6.07, 6.45) is 0. The van der Waals surface area contributed by atoms with Gasteiger partial charge in [0.1, 0.15) is 5.82 Å². The van der Waals surface area contributed by atoms with E-state index in [1.807, 2.05) is 0 Å². The van der Waals surface area contributed by atoms with Gasteiger partial charge in [-0.25, -0.2) is 4.39 Å². The summed E-state index contributed by atoms with van der Waals surface area (Å²) < 4.78 is 13.7. The van der Waals surface area contributed by atoms with Crippen LogP contribution in [0.25, 0.3) is 5.57 Å². The molecule has 0 amide bonds. The lowest BCUT2D eigenvalue weighted by atomic mass is 10.1. The number of rotatable bonds is 1. The zero-order valence-corrected chi connectivity index (χ0v) is 10.6. The average molecular weight is 318 g/mol. The van der Waals surface area contributed by atoms with Crippen LogP contribution in [0, 0.1) is 17.0 Å². The van der Waals surface area contributed by atoms with Gasteiger partial charge in [-0.1, -0.05) is 24.6 Å². The van der Waals surface area contributed by atoms with Crippen LogP contribution in [0.15, 0.2) is 24.8 Å². The van der Waals surface area contributed by atoms with Gasteiger partial charge in [-0.3, -0.25) is 0 Å². The lowest BCUT2D eigenvalue weighted by molar-refractivity contribution is 0.620. The monoisotopic (exact) mass is 318 g/mol. The Morgan fingerprint density at radius 3 is 2.86 bits per heavy atom. The van der Waals surface area contributed by atoms with E-state index in [1.54, 1.807) is 25.1 Å². The maximum atomic E-state index is 13.7. The van der Waals surface area contributed by atoms with Crippen molar-refractivity contribution in [1.82, 2.24) is 0 Å². The van der Waals surface area contributed by atoms with Gasteiger partial charge in [0.25, 0.3) is 0 Å². The number of benzene rings is 1. The smallest absolute Gasteiger partial charge is 0.146 e. The fourth-order valence-electron chi connectivity index (χ4n) is 1.03. The molecule has 0 fully saturated rings. The van der Waals surface area contributed by atoms with E-state index in [0.29, 0.717) is 16.7 Å². The number of hydrogen-bond acceptors (Lipinski definition) is 1. The molecule has 14 heavy (non-hydrogen) atoms. The Balaban J connectivity index is 3.20. The third-order valence-corrected chi connectivity index (χ3v) is 2.52. The molecule has 0 bridgehead atoms. The van der Waals surface area contributed by atoms with Gasteiger partial charge in [0.05, 0.1) is 5.56 Å². The highest BCUT2D eigenvalue weighted by atomic mass is 127. The van der Waals surface area contributed by atoms with Crippen molar-refractivity contribution in [1.29, 1.82) is 0 Å². The second kappa shape index (κ2) is 5.42. The molecule has 0 spiro atoms. The molecule has 0 heterocycles. The number of halogens is 2. The molecule has 72 valence electrons. The van der Waals surface area contributed by atoms with Gasteiger partial charge in [0, 0.05) is 26.8 Å². The van der Waals surface area contributed by atoms with E-state index < -0.39 is 0 Å². The normalized spacial score (nSPS) is 9.07. The van der Waals surface area contributed by atoms with Gasteiger partial charge >= 0.3 is 0 Å². The van der Waals surface area contributed by atoms with Gasteiger partial charge < -0.3 is 0 Å². The fourth-order valence-corrected chi connectivity index (χ4v) is 1.51. The molecule has 0 N–H and O–H groups in total. The van der Waals surface area contributed by atoms with E-state index in [4.69, 9.17) is 0 Å². The number of allylic oxidation sites excluding steroid dienone is 1. The van der Waals surface area contributed by atoms with Crippen molar-refractivity contribution in [3.05, 3.63) is 41.7 Å². The first-order chi connectivity index (χ1) is 6.66. The average Bonchev–Trinajstić information content (AvgIpc) is 2.16. The van der Waals surface area contributed by atoms with Gasteiger partial charge in [0.15, 0.2) is 0 Å². The van der Waals surface area contributed by atoms with Crippen molar-refractivity contribution >= 4 is 35.7 Å². The largest absolute Gasteiger partial charge is 0.205 e. The second-order valence-corrected chi connectivity index (χ2v) is 4.43. The standard InChI is InChI=1S/C11H8FIS/c1-8(2)10-5-3-4-9(11(10)12)6-7-14-13/h3-5H,1H2,2H3. The molecule has 0 aliphatic rings. The highest BCUT2D eigenvalue weighted by molar-refractivity contribution is 14.2. The van der Waals surface area contributed by atoms with Crippen LogP contribution in [0.1, 0.15) is 18.1 Å². The Kier molecular flexibility index (Phi) is 4.49. The topological polar surface area (TPSA) is 0 Å². The molecule has 0 saturated heterocycles. The van der Waals surface area contributed by atoms with Crippen LogP contribution in [-0.2, 0) is 0 Å². The van der Waals surface area contributed by atoms with Crippen molar-refractivity contribution in [2.75, 3.05) is 0 Å². The molecular weight excluding hydrogens is 310 g/mol. The molecular formula is C11H8FIS. The first kappa shape index (κ1) is 11.6. The zero-order chi connectivity index (χ0) is 10.6. The summed E-state index contributed by atoms with van der Waals surface area (Å²) in [4.78, 5) is 0. The molecule has 0 atom stereocenters. The minimum absolute atomic E-state index is 0.280. The third-order valence-electron chi connectivity index (χ3n) is 1.68. The molecule has 3 heteroatoms. The highest BCUT2D eigenvalue weighted by Crippen LogP contribution is 2.19. The lowest BCUT2D eigenvalue weighted by Crippen LogP contribution is -1.90. The Morgan fingerprint density at radius 1 is 1.57 bits per heavy atom. The van der Waals surface area contributed by atoms with E-state index in [2.05, 4.69) is 39.0 Å². The van der Waals surface area contributed by atoms with E-state index in [9.17, 15) is 4.39 Å². The fraction of sp³-hybridized carbons (Fsp3) is 0.0909. The van der Waals surface area contributed by atoms with Gasteiger partial charge in [-0.05, 0) is 32.7 Å². The molecule has 0 aliphatic heterocycles. The van der Waals surface area contributed by atoms with E-state index in [1.165, 1.54) is 8.93 Å². The summed E-state index contributed by atoms with van der Waals surface area (Å²) in [5.41, 5.74) is 1.68. The Labute approximate surface area is 99.6 Å². The lowest BCUT2D eigenvalue weighted by Gasteiger charge is -2.02. The molecule has 0 aromatic heterocycles. The molecule has 0 saturated carbocycles. The third kappa shape index (κ3) is 2.76. The van der Waals surface area contributed by atoms with Crippen molar-refractivity contribution in [2.24, 2.45) is 0 Å². The van der Waals surface area contributed by atoms with E-state index >= 15 is 0 Å². The number of hydrogen-bond donors (Lipinski definition) is 0. The molecule has 1 rings (SSSR count). The summed E-state index contributed by atoms with van der Waals surface area (Å²) in [5, 5.41) is 2.76. The van der Waals surface area contributed by atoms with Crippen LogP contribution in [0.2, 0.25) is 0 Å². The minimum atomic E-state index is -0.280. The predicted molar refractivity (Wildman–Crippen MR) is 69.6 cm³/mol. The van der Waals surface area contributed by atoms with Gasteiger partial charge in [0.2, 0.25) is 0 Å². The highest BCUT2D eigenvalue weighted by Gasteiger charge is 2.05. The van der Waals surface area contributed by atoms with Crippen LogP contribution >= 0.6 is 30.1 Å². The van der Waals surface area contributed by atoms with E-state index in [-0.39, 0.29) is 5.82 Å². The van der Waals surface area contributed by atoms with Crippen LogP contribution in [0.3, 0.4) is 0 Å². The van der Waals surface area contributed by atoms with Crippen molar-refractivity contribution in [3.8, 4) is 11.2 Å². The van der Waals surface area contributed by atoms with Gasteiger partial charge in [-0.15, -0.1) is 0 Å². The Morgan fingerprint density at radius 2 is 2.29 bits per heavy atom. The summed E-state index contributed by atoms with van der Waals surface area (Å²) in [7, 11) is 1.34. The zero-order valence-electron chi connectivity index (χ0n) is 7.60. The molecule has 0 nitrogen and oxygen atoms in total. The van der Waals surface area contributed by atoms with Crippen molar-refractivity contribution < 1.29 is 4.39 Å². The van der Waals surface area contributed by atoms with Crippen molar-refractivity contribution in [2.45, 2.75) is 6.92 Å². The van der Waals surface area contributed by atoms with Crippen LogP contribution < -0.4 is 0 Å². The van der Waals surface area contributed by atoms with Crippen LogP contribution in [0.4, 0.5) is 4.39 Å². The summed E-state index contributed by atoms with van der Waals surface area (Å²) in [6, 6.07) is 5.16. The predicted octanol–water partition coefficient (Wildman–Crippen LogP) is 4.25. The molecule has 1 aromatic rings. The Bertz CT molecular complexity index is 415. The first-order valence-corrected chi connectivity index (χ1v) is 7.25. The minimum Gasteiger partial charge on any atom is -0.205 e. The summed E-state index contributed by atoms with van der Waals surface area (Å²) in [6.45, 7) is 5.49. The SMILES string of the molecule is C=C(C)c1cccc(C#CSI)c1F. The maximum absolute atomic E-state index is 13.7. The second-order valence-electron chi connectivity index (χ2n) is 2.75. The molecule has 1 aromatic carbocycles. The molecule has 0 unspecified atom stereocenters. The van der Waals surface area contributed by atoms with E-state index in [0.717, 1.165) is 0 Å². The maximum Gasteiger partial charge on any atom is 0.146 e. The Hall–Kier alpha value is -0.470. The molecule has 0 aliphatic carbocycles. The van der Waals surface area contributed by atoms with Crippen LogP contribution in [0.5, 0.6) is 0 Å². The van der Waals surface area contributed by atoms with Gasteiger partial charge in [-0.2, -0.15) is 0 Å². The molecule has 0 radical (unpaired) electrons. The van der Waals surface area contributed by atoms with Crippen molar-refractivity contribution in [3.63, 3.8) is 0 Å². The quantitative estimate of drug-likeness (QED) is 0.551.